The molecule has 15 heavy (non-hydrogen) atoms. The number of ketones is 1. The number of pyridine rings is 1. The standard InChI is InChI=1S/C10H12ClN3O/c11-6-3-8(10(12)14-4-6)9(15)5-13-7-1-2-7/h3-4,7,13H,1-2,5H2,(H2,12,14). The number of halogens is 1. The molecule has 4 nitrogen and oxygen atoms in total. The summed E-state index contributed by atoms with van der Waals surface area (Å²) >= 11 is 5.75. The van der Waals surface area contributed by atoms with Crippen LogP contribution < -0.4 is 11.1 Å². The summed E-state index contributed by atoms with van der Waals surface area (Å²) in [6, 6.07) is 2.06. The monoisotopic (exact) mass is 225 g/mol. The number of nitrogens with two attached hydrogens (primary N) is 1. The largest absolute Gasteiger partial charge is 0.383 e. The van der Waals surface area contributed by atoms with Crippen molar-refractivity contribution in [3.8, 4) is 0 Å². The molecule has 2 rings (SSSR count). The predicted octanol–water partition coefficient (Wildman–Crippen LogP) is 1.25. The zero-order valence-corrected chi connectivity index (χ0v) is 8.92. The Labute approximate surface area is 92.8 Å². The minimum absolute atomic E-state index is 0.0607. The molecule has 1 fully saturated rings. The fourth-order valence-electron chi connectivity index (χ4n) is 1.29. The minimum atomic E-state index is -0.0607. The maximum absolute atomic E-state index is 11.7. The Morgan fingerprint density at radius 1 is 1.67 bits per heavy atom. The van der Waals surface area contributed by atoms with Crippen molar-refractivity contribution in [1.82, 2.24) is 10.3 Å². The molecule has 0 spiro atoms. The molecule has 1 aromatic heterocycles. The number of nitrogen functional groups attached to an aromatic ring is 1. The lowest BCUT2D eigenvalue weighted by Crippen LogP contribution is -2.25. The lowest BCUT2D eigenvalue weighted by Gasteiger charge is -2.05. The Hall–Kier alpha value is -1.13. The SMILES string of the molecule is Nc1ncc(Cl)cc1C(=O)CNC1CC1. The second-order valence-corrected chi connectivity index (χ2v) is 4.10. The molecule has 1 aromatic rings. The number of anilines is 1. The van der Waals surface area contributed by atoms with E-state index in [2.05, 4.69) is 10.3 Å². The highest BCUT2D eigenvalue weighted by atomic mass is 35.5. The van der Waals surface area contributed by atoms with Crippen molar-refractivity contribution < 1.29 is 4.79 Å². The van der Waals surface area contributed by atoms with Crippen molar-refractivity contribution in [2.45, 2.75) is 18.9 Å². The van der Waals surface area contributed by atoms with Crippen LogP contribution in [-0.4, -0.2) is 23.4 Å². The molecule has 0 unspecified atom stereocenters. The minimum Gasteiger partial charge on any atom is -0.383 e. The molecular formula is C10H12ClN3O. The van der Waals surface area contributed by atoms with Crippen LogP contribution in [0.3, 0.4) is 0 Å². The van der Waals surface area contributed by atoms with Crippen molar-refractivity contribution in [3.63, 3.8) is 0 Å². The van der Waals surface area contributed by atoms with Gasteiger partial charge in [0.25, 0.3) is 0 Å². The van der Waals surface area contributed by atoms with E-state index in [1.807, 2.05) is 0 Å². The van der Waals surface area contributed by atoms with E-state index < -0.39 is 0 Å². The second kappa shape index (κ2) is 4.16. The highest BCUT2D eigenvalue weighted by molar-refractivity contribution is 6.31. The number of nitrogens with one attached hydrogen (secondary N) is 1. The maximum Gasteiger partial charge on any atom is 0.180 e. The van der Waals surface area contributed by atoms with E-state index in [9.17, 15) is 4.79 Å². The number of aromatic nitrogens is 1. The predicted molar refractivity (Wildman–Crippen MR) is 59.0 cm³/mol. The molecule has 0 saturated heterocycles. The van der Waals surface area contributed by atoms with Gasteiger partial charge in [-0.1, -0.05) is 11.6 Å². The van der Waals surface area contributed by atoms with Crippen molar-refractivity contribution >= 4 is 23.2 Å². The van der Waals surface area contributed by atoms with Gasteiger partial charge in [0.1, 0.15) is 5.82 Å². The van der Waals surface area contributed by atoms with Gasteiger partial charge in [0, 0.05) is 12.2 Å². The van der Waals surface area contributed by atoms with Crippen molar-refractivity contribution in [2.75, 3.05) is 12.3 Å². The summed E-state index contributed by atoms with van der Waals surface area (Å²) in [5, 5.41) is 3.56. The Bertz CT molecular complexity index is 390. The van der Waals surface area contributed by atoms with E-state index in [1.54, 1.807) is 6.07 Å². The van der Waals surface area contributed by atoms with Crippen molar-refractivity contribution in [3.05, 3.63) is 22.8 Å². The third-order valence-corrected chi connectivity index (χ3v) is 2.52. The molecular weight excluding hydrogens is 214 g/mol. The van der Waals surface area contributed by atoms with Crippen LogP contribution in [0.4, 0.5) is 5.82 Å². The van der Waals surface area contributed by atoms with Gasteiger partial charge in [0.2, 0.25) is 0 Å². The molecule has 0 aromatic carbocycles. The third-order valence-electron chi connectivity index (χ3n) is 2.31. The lowest BCUT2D eigenvalue weighted by atomic mass is 10.1. The topological polar surface area (TPSA) is 68.0 Å². The molecule has 0 bridgehead atoms. The molecule has 0 atom stereocenters. The van der Waals surface area contributed by atoms with Gasteiger partial charge in [0.05, 0.1) is 17.1 Å². The lowest BCUT2D eigenvalue weighted by molar-refractivity contribution is 0.0991. The first-order valence-corrected chi connectivity index (χ1v) is 5.22. The van der Waals surface area contributed by atoms with Gasteiger partial charge in [-0.05, 0) is 18.9 Å². The molecule has 0 radical (unpaired) electrons. The molecule has 3 N–H and O–H groups in total. The van der Waals surface area contributed by atoms with E-state index in [1.165, 1.54) is 6.20 Å². The van der Waals surface area contributed by atoms with Crippen LogP contribution in [0.15, 0.2) is 12.3 Å². The van der Waals surface area contributed by atoms with Crippen LogP contribution in [0.5, 0.6) is 0 Å². The molecule has 1 saturated carbocycles. The Kier molecular flexibility index (Phi) is 2.88. The number of hydrogen-bond donors (Lipinski definition) is 2. The third kappa shape index (κ3) is 2.67. The maximum atomic E-state index is 11.7. The first-order valence-electron chi connectivity index (χ1n) is 4.84. The summed E-state index contributed by atoms with van der Waals surface area (Å²) < 4.78 is 0. The number of carbonyl (C=O) groups is 1. The van der Waals surface area contributed by atoms with Crippen LogP contribution in [0.1, 0.15) is 23.2 Å². The summed E-state index contributed by atoms with van der Waals surface area (Å²) in [6.45, 7) is 0.302. The molecule has 1 aliphatic rings. The summed E-state index contributed by atoms with van der Waals surface area (Å²) in [4.78, 5) is 15.5. The fourth-order valence-corrected chi connectivity index (χ4v) is 1.45. The Morgan fingerprint density at radius 3 is 3.07 bits per heavy atom. The number of Topliss-reactive ketones (excluding diaryl/α,β-unsaturated/α-hetero) is 1. The zero-order valence-electron chi connectivity index (χ0n) is 8.16. The van der Waals surface area contributed by atoms with Crippen LogP contribution in [0.25, 0.3) is 0 Å². The van der Waals surface area contributed by atoms with Gasteiger partial charge in [-0.2, -0.15) is 0 Å². The van der Waals surface area contributed by atoms with Gasteiger partial charge < -0.3 is 11.1 Å². The van der Waals surface area contributed by atoms with Gasteiger partial charge in [-0.3, -0.25) is 4.79 Å². The normalized spacial score (nSPS) is 15.3. The molecule has 1 heterocycles. The zero-order chi connectivity index (χ0) is 10.8. The summed E-state index contributed by atoms with van der Waals surface area (Å²) in [5.41, 5.74) is 5.99. The second-order valence-electron chi connectivity index (χ2n) is 3.66. The highest BCUT2D eigenvalue weighted by Crippen LogP contribution is 2.19. The molecule has 1 aliphatic carbocycles. The smallest absolute Gasteiger partial charge is 0.180 e. The van der Waals surface area contributed by atoms with E-state index in [0.29, 0.717) is 23.2 Å². The average Bonchev–Trinajstić information content (AvgIpc) is 3.02. The highest BCUT2D eigenvalue weighted by Gasteiger charge is 2.22. The number of nitrogens with zero attached hydrogens (tertiary/aromatic N) is 1. The van der Waals surface area contributed by atoms with Crippen LogP contribution >= 0.6 is 11.6 Å². The van der Waals surface area contributed by atoms with Crippen LogP contribution in [0, 0.1) is 0 Å². The van der Waals surface area contributed by atoms with E-state index in [-0.39, 0.29) is 11.6 Å². The number of carbonyl (C=O) groups excluding carboxylic acids is 1. The first-order chi connectivity index (χ1) is 7.16. The molecule has 0 amide bonds. The van der Waals surface area contributed by atoms with E-state index >= 15 is 0 Å². The van der Waals surface area contributed by atoms with E-state index in [4.69, 9.17) is 17.3 Å². The van der Waals surface area contributed by atoms with Crippen molar-refractivity contribution in [2.24, 2.45) is 0 Å². The Balaban J connectivity index is 2.05. The molecule has 0 aliphatic heterocycles. The number of rotatable bonds is 4. The molecule has 5 heteroatoms. The first kappa shape index (κ1) is 10.4. The Morgan fingerprint density at radius 2 is 2.40 bits per heavy atom. The van der Waals surface area contributed by atoms with E-state index in [0.717, 1.165) is 12.8 Å². The van der Waals surface area contributed by atoms with Gasteiger partial charge in [-0.25, -0.2) is 4.98 Å². The van der Waals surface area contributed by atoms with Gasteiger partial charge in [-0.15, -0.1) is 0 Å². The van der Waals surface area contributed by atoms with Crippen LogP contribution in [0.2, 0.25) is 5.02 Å². The summed E-state index contributed by atoms with van der Waals surface area (Å²) in [7, 11) is 0. The number of hydrogen-bond acceptors (Lipinski definition) is 4. The van der Waals surface area contributed by atoms with Crippen LogP contribution in [-0.2, 0) is 0 Å². The van der Waals surface area contributed by atoms with Crippen molar-refractivity contribution in [1.29, 1.82) is 0 Å². The van der Waals surface area contributed by atoms with Gasteiger partial charge >= 0.3 is 0 Å². The summed E-state index contributed by atoms with van der Waals surface area (Å²) in [5.74, 6) is 0.177. The summed E-state index contributed by atoms with van der Waals surface area (Å²) in [6.07, 6.45) is 3.73. The van der Waals surface area contributed by atoms with Gasteiger partial charge in [0.15, 0.2) is 5.78 Å². The molecule has 80 valence electrons. The quantitative estimate of drug-likeness (QED) is 0.757. The average molecular weight is 226 g/mol. The fraction of sp³-hybridized carbons (Fsp3) is 0.400.